The number of amides is 1. The molecular weight excluding hydrogens is 480 g/mol. The van der Waals surface area contributed by atoms with Crippen LogP contribution in [0.1, 0.15) is 57.7 Å². The predicted octanol–water partition coefficient (Wildman–Crippen LogP) is 1.90. The minimum Gasteiger partial charge on any atom is -0.476 e. The molecule has 11 nitrogen and oxygen atoms in total. The summed E-state index contributed by atoms with van der Waals surface area (Å²) in [5, 5.41) is 11.8. The van der Waals surface area contributed by atoms with Gasteiger partial charge in [0.15, 0.2) is 11.5 Å². The van der Waals surface area contributed by atoms with Gasteiger partial charge in [-0.3, -0.25) is 14.4 Å². The Bertz CT molecular complexity index is 1150. The second-order valence-electron chi connectivity index (χ2n) is 8.96. The Morgan fingerprint density at radius 3 is 2.62 bits per heavy atom. The highest BCUT2D eigenvalue weighted by Gasteiger charge is 2.39. The fourth-order valence-corrected chi connectivity index (χ4v) is 4.56. The Balaban J connectivity index is 1.11. The summed E-state index contributed by atoms with van der Waals surface area (Å²) in [4.78, 5) is 57.0. The van der Waals surface area contributed by atoms with E-state index in [1.54, 1.807) is 11.0 Å². The van der Waals surface area contributed by atoms with E-state index in [0.29, 0.717) is 63.7 Å². The summed E-state index contributed by atoms with van der Waals surface area (Å²) in [6.07, 6.45) is 4.77. The zero-order valence-electron chi connectivity index (χ0n) is 20.5. The lowest BCUT2D eigenvalue weighted by atomic mass is 9.92. The highest BCUT2D eigenvalue weighted by atomic mass is 16.5. The molecule has 11 heteroatoms. The summed E-state index contributed by atoms with van der Waals surface area (Å²) < 4.78 is 11.2. The number of nitrogens with one attached hydrogen (secondary N) is 1. The lowest BCUT2D eigenvalue weighted by Crippen LogP contribution is -2.44. The SMILES string of the molecule is O=C1CCC(N2Cc3c(CCCOCCOCCNc4cnc(C(=O)O)cn4)cccc3C2=O)C(=O)C1. The van der Waals surface area contributed by atoms with Gasteiger partial charge in [0.2, 0.25) is 0 Å². The number of ether oxygens (including phenoxy) is 2. The topological polar surface area (TPSA) is 148 Å². The van der Waals surface area contributed by atoms with Gasteiger partial charge in [-0.2, -0.15) is 0 Å². The predicted molar refractivity (Wildman–Crippen MR) is 131 cm³/mol. The molecule has 0 spiro atoms. The summed E-state index contributed by atoms with van der Waals surface area (Å²) in [5.74, 6) is -0.982. The zero-order chi connectivity index (χ0) is 26.2. The van der Waals surface area contributed by atoms with E-state index in [1.807, 2.05) is 12.1 Å². The Labute approximate surface area is 214 Å². The smallest absolute Gasteiger partial charge is 0.356 e. The first-order chi connectivity index (χ1) is 17.9. The molecule has 37 heavy (non-hydrogen) atoms. The van der Waals surface area contributed by atoms with Crippen LogP contribution < -0.4 is 5.32 Å². The van der Waals surface area contributed by atoms with Crippen molar-refractivity contribution >= 4 is 29.3 Å². The molecule has 1 aromatic heterocycles. The van der Waals surface area contributed by atoms with Crippen molar-refractivity contribution in [1.82, 2.24) is 14.9 Å². The average molecular weight is 511 g/mol. The van der Waals surface area contributed by atoms with E-state index in [-0.39, 0.29) is 29.6 Å². The second kappa shape index (κ2) is 12.5. The molecule has 2 aliphatic rings. The molecule has 1 aromatic carbocycles. The van der Waals surface area contributed by atoms with Gasteiger partial charge in [0.05, 0.1) is 44.7 Å². The fourth-order valence-electron chi connectivity index (χ4n) is 4.56. The van der Waals surface area contributed by atoms with Crippen LogP contribution in [0, 0.1) is 0 Å². The van der Waals surface area contributed by atoms with Crippen LogP contribution >= 0.6 is 0 Å². The van der Waals surface area contributed by atoms with Crippen LogP contribution in [-0.2, 0) is 32.0 Å². The lowest BCUT2D eigenvalue weighted by Gasteiger charge is -2.29. The van der Waals surface area contributed by atoms with E-state index in [1.165, 1.54) is 12.4 Å². The molecule has 1 atom stereocenters. The second-order valence-corrected chi connectivity index (χ2v) is 8.96. The number of Topliss-reactive ketones (excluding diaryl/α,β-unsaturated/α-hetero) is 2. The molecule has 0 bridgehead atoms. The van der Waals surface area contributed by atoms with E-state index >= 15 is 0 Å². The van der Waals surface area contributed by atoms with Gasteiger partial charge >= 0.3 is 5.97 Å². The van der Waals surface area contributed by atoms with Crippen LogP contribution in [0.2, 0.25) is 0 Å². The summed E-state index contributed by atoms with van der Waals surface area (Å²) in [5.41, 5.74) is 2.59. The van der Waals surface area contributed by atoms with E-state index < -0.39 is 12.0 Å². The van der Waals surface area contributed by atoms with Crippen LogP contribution in [-0.4, -0.2) is 82.4 Å². The molecule has 0 saturated heterocycles. The van der Waals surface area contributed by atoms with Crippen molar-refractivity contribution in [3.05, 3.63) is 53.0 Å². The molecule has 1 aliphatic heterocycles. The quantitative estimate of drug-likeness (QED) is 0.302. The van der Waals surface area contributed by atoms with E-state index in [0.717, 1.165) is 24.0 Å². The minimum absolute atomic E-state index is 0.0483. The van der Waals surface area contributed by atoms with Gasteiger partial charge in [0, 0.05) is 31.7 Å². The van der Waals surface area contributed by atoms with Gasteiger partial charge < -0.3 is 24.8 Å². The fraction of sp³-hybridized carbons (Fsp3) is 0.462. The molecule has 1 aliphatic carbocycles. The number of aromatic nitrogens is 2. The van der Waals surface area contributed by atoms with Gasteiger partial charge in [-0.1, -0.05) is 12.1 Å². The average Bonchev–Trinajstić information content (AvgIpc) is 3.22. The molecular formula is C26H30N4O7. The number of carbonyl (C=O) groups is 4. The number of nitrogens with zero attached hydrogens (tertiary/aromatic N) is 3. The number of anilines is 1. The third-order valence-corrected chi connectivity index (χ3v) is 6.44. The van der Waals surface area contributed by atoms with Crippen LogP contribution in [0.15, 0.2) is 30.6 Å². The summed E-state index contributed by atoms with van der Waals surface area (Å²) >= 11 is 0. The van der Waals surface area contributed by atoms with Crippen molar-refractivity contribution in [2.75, 3.05) is 38.3 Å². The van der Waals surface area contributed by atoms with Gasteiger partial charge in [-0.15, -0.1) is 0 Å². The Kier molecular flexibility index (Phi) is 8.91. The first-order valence-corrected chi connectivity index (χ1v) is 12.3. The zero-order valence-corrected chi connectivity index (χ0v) is 20.5. The molecule has 0 radical (unpaired) electrons. The van der Waals surface area contributed by atoms with Crippen molar-refractivity contribution in [3.8, 4) is 0 Å². The molecule has 1 fully saturated rings. The van der Waals surface area contributed by atoms with Crippen molar-refractivity contribution in [3.63, 3.8) is 0 Å². The van der Waals surface area contributed by atoms with Crippen molar-refractivity contribution < 1.29 is 33.8 Å². The third-order valence-electron chi connectivity index (χ3n) is 6.44. The van der Waals surface area contributed by atoms with Crippen LogP contribution in [0.5, 0.6) is 0 Å². The molecule has 2 N–H and O–H groups in total. The number of rotatable bonds is 13. The van der Waals surface area contributed by atoms with Crippen molar-refractivity contribution in [1.29, 1.82) is 0 Å². The summed E-state index contributed by atoms with van der Waals surface area (Å²) in [6.45, 7) is 2.79. The highest BCUT2D eigenvalue weighted by Crippen LogP contribution is 2.31. The largest absolute Gasteiger partial charge is 0.476 e. The maximum Gasteiger partial charge on any atom is 0.356 e. The van der Waals surface area contributed by atoms with Gasteiger partial charge in [0.25, 0.3) is 5.91 Å². The normalized spacial score (nSPS) is 17.2. The molecule has 1 amide bonds. The Hall–Kier alpha value is -3.70. The third kappa shape index (κ3) is 6.75. The first kappa shape index (κ1) is 26.4. The molecule has 1 saturated carbocycles. The molecule has 196 valence electrons. The molecule has 4 rings (SSSR count). The van der Waals surface area contributed by atoms with Gasteiger partial charge in [-0.05, 0) is 36.5 Å². The van der Waals surface area contributed by atoms with Crippen LogP contribution in [0.3, 0.4) is 0 Å². The number of fused-ring (bicyclic) bond motifs is 1. The number of aryl methyl sites for hydroxylation is 1. The number of carbonyl (C=O) groups excluding carboxylic acids is 3. The monoisotopic (exact) mass is 510 g/mol. The number of carboxylic acid groups (broad SMARTS) is 1. The van der Waals surface area contributed by atoms with Gasteiger partial charge in [-0.25, -0.2) is 14.8 Å². The number of hydrogen-bond donors (Lipinski definition) is 2. The Morgan fingerprint density at radius 2 is 1.89 bits per heavy atom. The van der Waals surface area contributed by atoms with E-state index in [9.17, 15) is 19.2 Å². The van der Waals surface area contributed by atoms with E-state index in [2.05, 4.69) is 15.3 Å². The number of ketones is 2. The van der Waals surface area contributed by atoms with Crippen LogP contribution in [0.4, 0.5) is 5.82 Å². The van der Waals surface area contributed by atoms with Crippen molar-refractivity contribution in [2.45, 2.75) is 44.7 Å². The Morgan fingerprint density at radius 1 is 1.08 bits per heavy atom. The number of benzene rings is 1. The maximum absolute atomic E-state index is 12.9. The number of hydrogen-bond acceptors (Lipinski definition) is 9. The highest BCUT2D eigenvalue weighted by molar-refractivity contribution is 6.07. The maximum atomic E-state index is 12.9. The van der Waals surface area contributed by atoms with E-state index in [4.69, 9.17) is 14.6 Å². The van der Waals surface area contributed by atoms with Crippen molar-refractivity contribution in [2.24, 2.45) is 0 Å². The summed E-state index contributed by atoms with van der Waals surface area (Å²) in [7, 11) is 0. The molecule has 2 aromatic rings. The standard InChI is InChI=1S/C26H30N4O7/c31-18-6-7-22(23(32)13-18)30-16-20-17(3-1-5-19(20)25(30)33)4-2-9-36-11-12-37-10-8-27-24-15-28-21(14-29-24)26(34)35/h1,3,5,14-15,22H,2,4,6-13,16H2,(H,27,29)(H,34,35). The number of carboxylic acids is 1. The molecule has 2 heterocycles. The lowest BCUT2D eigenvalue weighted by molar-refractivity contribution is -0.133. The summed E-state index contributed by atoms with van der Waals surface area (Å²) in [6, 6.07) is 5.18. The van der Waals surface area contributed by atoms with Gasteiger partial charge in [0.1, 0.15) is 11.6 Å². The molecule has 1 unspecified atom stereocenters. The first-order valence-electron chi connectivity index (χ1n) is 12.3. The number of aromatic carboxylic acids is 1. The minimum atomic E-state index is -1.12. The van der Waals surface area contributed by atoms with Crippen LogP contribution in [0.25, 0.3) is 0 Å².